The number of thioether (sulfide) groups is 1. The van der Waals surface area contributed by atoms with E-state index in [1.54, 1.807) is 22.0 Å². The largest absolute Gasteiger partial charge is 0.352 e. The highest BCUT2D eigenvalue weighted by Crippen LogP contribution is 2.36. The quantitative estimate of drug-likeness (QED) is 0.368. The summed E-state index contributed by atoms with van der Waals surface area (Å²) < 4.78 is 1.66. The SMILES string of the molecule is C=CCNC(=O)C(C)Sc1nc2sc3c(c2c(=O)n1-c1ccc(C)cc1)CCC3. The van der Waals surface area contributed by atoms with Gasteiger partial charge in [0.15, 0.2) is 5.16 Å². The third kappa shape index (κ3) is 3.76. The van der Waals surface area contributed by atoms with Crippen LogP contribution in [0, 0.1) is 6.92 Å². The molecule has 1 aromatic carbocycles. The predicted octanol–water partition coefficient (Wildman–Crippen LogP) is 4.03. The molecule has 0 radical (unpaired) electrons. The summed E-state index contributed by atoms with van der Waals surface area (Å²) in [6.07, 6.45) is 4.70. The third-order valence-electron chi connectivity index (χ3n) is 5.07. The number of benzene rings is 1. The zero-order valence-corrected chi connectivity index (χ0v) is 18.2. The normalized spacial score (nSPS) is 14.0. The van der Waals surface area contributed by atoms with Crippen molar-refractivity contribution in [2.45, 2.75) is 43.5 Å². The van der Waals surface area contributed by atoms with Crippen LogP contribution in [-0.4, -0.2) is 27.3 Å². The number of fused-ring (bicyclic) bond motifs is 3. The molecule has 150 valence electrons. The van der Waals surface area contributed by atoms with Crippen LogP contribution in [0.3, 0.4) is 0 Å². The minimum Gasteiger partial charge on any atom is -0.352 e. The predicted molar refractivity (Wildman–Crippen MR) is 121 cm³/mol. The first kappa shape index (κ1) is 19.9. The lowest BCUT2D eigenvalue weighted by molar-refractivity contribution is -0.120. The molecule has 2 aromatic heterocycles. The summed E-state index contributed by atoms with van der Waals surface area (Å²) >= 11 is 2.93. The fourth-order valence-electron chi connectivity index (χ4n) is 3.55. The lowest BCUT2D eigenvalue weighted by atomic mass is 10.2. The number of amides is 1. The summed E-state index contributed by atoms with van der Waals surface area (Å²) in [4.78, 5) is 32.9. The Morgan fingerprint density at radius 1 is 1.38 bits per heavy atom. The topological polar surface area (TPSA) is 64.0 Å². The molecule has 0 fully saturated rings. The van der Waals surface area contributed by atoms with Crippen LogP contribution in [0.4, 0.5) is 0 Å². The average Bonchev–Trinajstić information content (AvgIpc) is 3.28. The molecule has 4 rings (SSSR count). The Morgan fingerprint density at radius 2 is 2.14 bits per heavy atom. The van der Waals surface area contributed by atoms with E-state index in [0.29, 0.717) is 11.7 Å². The minimum absolute atomic E-state index is 0.0422. The van der Waals surface area contributed by atoms with Gasteiger partial charge >= 0.3 is 0 Å². The van der Waals surface area contributed by atoms with Crippen LogP contribution in [0.5, 0.6) is 0 Å². The molecule has 1 unspecified atom stereocenters. The van der Waals surface area contributed by atoms with E-state index in [-0.39, 0.29) is 16.7 Å². The Bertz CT molecular complexity index is 1150. The van der Waals surface area contributed by atoms with Crippen LogP contribution >= 0.6 is 23.1 Å². The van der Waals surface area contributed by atoms with Gasteiger partial charge in [-0.3, -0.25) is 14.2 Å². The summed E-state index contributed by atoms with van der Waals surface area (Å²) in [6.45, 7) is 7.89. The van der Waals surface area contributed by atoms with Gasteiger partial charge in [-0.1, -0.05) is 35.5 Å². The van der Waals surface area contributed by atoms with Gasteiger partial charge in [0.2, 0.25) is 5.91 Å². The van der Waals surface area contributed by atoms with Crippen molar-refractivity contribution in [3.63, 3.8) is 0 Å². The maximum absolute atomic E-state index is 13.6. The van der Waals surface area contributed by atoms with Crippen LogP contribution in [-0.2, 0) is 17.6 Å². The van der Waals surface area contributed by atoms with Gasteiger partial charge in [-0.15, -0.1) is 17.9 Å². The van der Waals surface area contributed by atoms with E-state index in [1.807, 2.05) is 38.1 Å². The molecular weight excluding hydrogens is 402 g/mol. The monoisotopic (exact) mass is 425 g/mol. The highest BCUT2D eigenvalue weighted by atomic mass is 32.2. The van der Waals surface area contributed by atoms with Gasteiger partial charge in [-0.05, 0) is 50.8 Å². The van der Waals surface area contributed by atoms with Gasteiger partial charge in [0, 0.05) is 11.4 Å². The highest BCUT2D eigenvalue weighted by Gasteiger charge is 2.25. The molecule has 29 heavy (non-hydrogen) atoms. The standard InChI is InChI=1S/C22H23N3O2S2/c1-4-12-23-19(26)14(3)28-22-24-20-18(16-6-5-7-17(16)29-20)21(27)25(22)15-10-8-13(2)9-11-15/h4,8-11,14H,1,5-7,12H2,2-3H3,(H,23,26). The summed E-state index contributed by atoms with van der Waals surface area (Å²) in [5.74, 6) is -0.103. The molecule has 1 amide bonds. The van der Waals surface area contributed by atoms with Crippen LogP contribution < -0.4 is 10.9 Å². The number of nitrogens with zero attached hydrogens (tertiary/aromatic N) is 2. The second-order valence-corrected chi connectivity index (χ2v) is 9.59. The third-order valence-corrected chi connectivity index (χ3v) is 7.31. The molecule has 0 aliphatic heterocycles. The van der Waals surface area contributed by atoms with Crippen LogP contribution in [0.2, 0.25) is 0 Å². The minimum atomic E-state index is -0.386. The van der Waals surface area contributed by atoms with E-state index in [1.165, 1.54) is 16.6 Å². The molecule has 3 aromatic rings. The number of carbonyl (C=O) groups excluding carboxylic acids is 1. The summed E-state index contributed by atoms with van der Waals surface area (Å²) in [6, 6.07) is 7.84. The van der Waals surface area contributed by atoms with Crippen LogP contribution in [0.25, 0.3) is 15.9 Å². The van der Waals surface area contributed by atoms with E-state index in [2.05, 4.69) is 11.9 Å². The second-order valence-electron chi connectivity index (χ2n) is 7.20. The van der Waals surface area contributed by atoms with E-state index in [0.717, 1.165) is 46.3 Å². The van der Waals surface area contributed by atoms with E-state index >= 15 is 0 Å². The molecule has 0 saturated carbocycles. The second kappa shape index (κ2) is 8.16. The van der Waals surface area contributed by atoms with Gasteiger partial charge in [-0.25, -0.2) is 4.98 Å². The molecule has 0 spiro atoms. The van der Waals surface area contributed by atoms with Crippen molar-refractivity contribution in [2.75, 3.05) is 6.54 Å². The summed E-state index contributed by atoms with van der Waals surface area (Å²) in [5.41, 5.74) is 3.02. The Hall–Kier alpha value is -2.38. The smallest absolute Gasteiger partial charge is 0.267 e. The van der Waals surface area contributed by atoms with E-state index < -0.39 is 0 Å². The maximum atomic E-state index is 13.6. The first-order valence-corrected chi connectivity index (χ1v) is 11.4. The number of rotatable bonds is 6. The average molecular weight is 426 g/mol. The Kier molecular flexibility index (Phi) is 5.61. The number of hydrogen-bond acceptors (Lipinski definition) is 5. The van der Waals surface area contributed by atoms with Crippen LogP contribution in [0.1, 0.15) is 29.3 Å². The van der Waals surface area contributed by atoms with Gasteiger partial charge in [0.25, 0.3) is 5.56 Å². The molecule has 1 atom stereocenters. The molecule has 1 aliphatic carbocycles. The molecule has 0 saturated heterocycles. The van der Waals surface area contributed by atoms with Crippen molar-refractivity contribution in [1.82, 2.24) is 14.9 Å². The van der Waals surface area contributed by atoms with Crippen molar-refractivity contribution in [3.05, 3.63) is 63.3 Å². The van der Waals surface area contributed by atoms with E-state index in [9.17, 15) is 9.59 Å². The fraction of sp³-hybridized carbons (Fsp3) is 0.318. The first-order valence-electron chi connectivity index (χ1n) is 9.69. The Morgan fingerprint density at radius 3 is 2.86 bits per heavy atom. The Balaban J connectivity index is 1.84. The number of aromatic nitrogens is 2. The molecule has 7 heteroatoms. The molecule has 0 bridgehead atoms. The molecule has 2 heterocycles. The maximum Gasteiger partial charge on any atom is 0.267 e. The van der Waals surface area contributed by atoms with Gasteiger partial charge in [0.1, 0.15) is 4.83 Å². The number of hydrogen-bond donors (Lipinski definition) is 1. The van der Waals surface area contributed by atoms with Crippen LogP contribution in [0.15, 0.2) is 46.9 Å². The lowest BCUT2D eigenvalue weighted by Gasteiger charge is -2.16. The van der Waals surface area contributed by atoms with Crippen molar-refractivity contribution in [1.29, 1.82) is 0 Å². The zero-order valence-electron chi connectivity index (χ0n) is 16.5. The van der Waals surface area contributed by atoms with Crippen molar-refractivity contribution in [3.8, 4) is 5.69 Å². The molecule has 1 N–H and O–H groups in total. The number of thiophene rings is 1. The van der Waals surface area contributed by atoms with Gasteiger partial charge < -0.3 is 5.32 Å². The molecule has 1 aliphatic rings. The van der Waals surface area contributed by atoms with Gasteiger partial charge in [-0.2, -0.15) is 0 Å². The summed E-state index contributed by atoms with van der Waals surface area (Å²) in [7, 11) is 0. The lowest BCUT2D eigenvalue weighted by Crippen LogP contribution is -2.32. The molecular formula is C22H23N3O2S2. The van der Waals surface area contributed by atoms with E-state index in [4.69, 9.17) is 4.98 Å². The Labute approximate surface area is 177 Å². The number of carbonyl (C=O) groups is 1. The summed E-state index contributed by atoms with van der Waals surface area (Å²) in [5, 5.41) is 3.72. The zero-order chi connectivity index (χ0) is 20.5. The molecule has 5 nitrogen and oxygen atoms in total. The fourth-order valence-corrected chi connectivity index (χ4v) is 5.81. The number of nitrogens with one attached hydrogen (secondary N) is 1. The van der Waals surface area contributed by atoms with Crippen molar-refractivity contribution in [2.24, 2.45) is 0 Å². The number of aryl methyl sites for hydroxylation is 3. The highest BCUT2D eigenvalue weighted by molar-refractivity contribution is 8.00. The van der Waals surface area contributed by atoms with Gasteiger partial charge in [0.05, 0.1) is 16.3 Å². The first-order chi connectivity index (χ1) is 14.0. The van der Waals surface area contributed by atoms with Crippen molar-refractivity contribution < 1.29 is 4.79 Å². The van der Waals surface area contributed by atoms with Crippen molar-refractivity contribution >= 4 is 39.2 Å².